The first-order valence-corrected chi connectivity index (χ1v) is 8.83. The Balaban J connectivity index is 2.23. The van der Waals surface area contributed by atoms with Gasteiger partial charge in [-0.05, 0) is 70.4 Å². The highest BCUT2D eigenvalue weighted by molar-refractivity contribution is 5.73. The number of carbonyl (C=O) groups is 1. The number of allylic oxidation sites excluding steroid dienone is 5. The lowest BCUT2D eigenvalue weighted by Gasteiger charge is -2.24. The van der Waals surface area contributed by atoms with Crippen molar-refractivity contribution in [1.82, 2.24) is 0 Å². The zero-order valence-corrected chi connectivity index (χ0v) is 15.0. The fraction of sp³-hybridized carbons (Fsp3) is 0.650. The molecule has 0 saturated carbocycles. The van der Waals surface area contributed by atoms with Crippen LogP contribution in [-0.4, -0.2) is 40.4 Å². The Kier molecular flexibility index (Phi) is 6.18. The van der Waals surface area contributed by atoms with Gasteiger partial charge in [0.25, 0.3) is 0 Å². The second-order valence-electron chi connectivity index (χ2n) is 7.53. The molecule has 0 aromatic rings. The van der Waals surface area contributed by atoms with Crippen molar-refractivity contribution in [2.75, 3.05) is 6.61 Å². The Morgan fingerprint density at radius 1 is 1.38 bits per heavy atom. The molecule has 2 rings (SSSR count). The summed E-state index contributed by atoms with van der Waals surface area (Å²) in [6.45, 7) is 5.50. The van der Waals surface area contributed by atoms with Crippen LogP contribution in [0.25, 0.3) is 0 Å². The van der Waals surface area contributed by atoms with Gasteiger partial charge in [0.05, 0.1) is 18.3 Å². The van der Waals surface area contributed by atoms with Crippen LogP contribution >= 0.6 is 0 Å². The van der Waals surface area contributed by atoms with Crippen molar-refractivity contribution in [3.05, 3.63) is 34.9 Å². The molecule has 1 fully saturated rings. The summed E-state index contributed by atoms with van der Waals surface area (Å²) in [6.07, 6.45) is 11.9. The third-order valence-electron chi connectivity index (χ3n) is 5.29. The van der Waals surface area contributed by atoms with E-state index < -0.39 is 5.60 Å². The molecular formula is C20H30O4. The van der Waals surface area contributed by atoms with Crippen molar-refractivity contribution in [3.63, 3.8) is 0 Å². The smallest absolute Gasteiger partial charge is 0.145 e. The van der Waals surface area contributed by atoms with Gasteiger partial charge in [-0.15, -0.1) is 0 Å². The fourth-order valence-electron chi connectivity index (χ4n) is 3.23. The average Bonchev–Trinajstić information content (AvgIpc) is 3.20. The maximum absolute atomic E-state index is 11.3. The highest BCUT2D eigenvalue weighted by Gasteiger charge is 2.50. The van der Waals surface area contributed by atoms with Gasteiger partial charge < -0.3 is 14.9 Å². The minimum Gasteiger partial charge on any atom is -0.393 e. The first kappa shape index (κ1) is 19.1. The second kappa shape index (κ2) is 7.77. The molecule has 0 bridgehead atoms. The molecule has 1 aliphatic heterocycles. The molecule has 0 aromatic carbocycles. The molecule has 0 amide bonds. The lowest BCUT2D eigenvalue weighted by molar-refractivity contribution is -0.105. The number of rotatable bonds is 3. The van der Waals surface area contributed by atoms with Crippen LogP contribution in [0.2, 0.25) is 0 Å². The topological polar surface area (TPSA) is 70.1 Å². The van der Waals surface area contributed by atoms with Gasteiger partial charge in [0.15, 0.2) is 0 Å². The Labute approximate surface area is 144 Å². The predicted molar refractivity (Wildman–Crippen MR) is 94.7 cm³/mol. The molecule has 134 valence electrons. The van der Waals surface area contributed by atoms with Gasteiger partial charge in [0.2, 0.25) is 0 Å². The zero-order chi connectivity index (χ0) is 17.8. The molecule has 24 heavy (non-hydrogen) atoms. The van der Waals surface area contributed by atoms with Crippen molar-refractivity contribution in [3.8, 4) is 0 Å². The van der Waals surface area contributed by atoms with Gasteiger partial charge >= 0.3 is 0 Å². The molecule has 2 N–H and O–H groups in total. The summed E-state index contributed by atoms with van der Waals surface area (Å²) in [5.41, 5.74) is 1.41. The fourth-order valence-corrected chi connectivity index (χ4v) is 3.23. The third kappa shape index (κ3) is 4.88. The lowest BCUT2D eigenvalue weighted by Crippen LogP contribution is -2.31. The Morgan fingerprint density at radius 3 is 2.79 bits per heavy atom. The standard InChI is InChI=1S/C20H30O4/c1-15-6-9-17(19(2,23)14-22)10-8-16(13-21)5-4-12-20(3)18(24-20)11-7-15/h5-6,9,13,18,22-23H,4,7-8,10-12,14H2,1-3H3/b15-6+,16-5-,17-9+/t18-,19-,20-/m0/s1. The summed E-state index contributed by atoms with van der Waals surface area (Å²) in [5, 5.41) is 19.9. The van der Waals surface area contributed by atoms with Crippen LogP contribution in [0.5, 0.6) is 0 Å². The van der Waals surface area contributed by atoms with Crippen molar-refractivity contribution < 1.29 is 19.7 Å². The van der Waals surface area contributed by atoms with Gasteiger partial charge in [0, 0.05) is 0 Å². The van der Waals surface area contributed by atoms with E-state index in [0.717, 1.165) is 43.1 Å². The van der Waals surface area contributed by atoms with Crippen molar-refractivity contribution in [2.45, 2.75) is 76.6 Å². The number of aldehydes is 1. The van der Waals surface area contributed by atoms with Crippen molar-refractivity contribution in [1.29, 1.82) is 0 Å². The third-order valence-corrected chi connectivity index (χ3v) is 5.29. The molecule has 1 aliphatic carbocycles. The van der Waals surface area contributed by atoms with E-state index in [9.17, 15) is 15.0 Å². The van der Waals surface area contributed by atoms with E-state index in [2.05, 4.69) is 13.8 Å². The number of fused-ring (bicyclic) bond motifs is 1. The summed E-state index contributed by atoms with van der Waals surface area (Å²) in [6, 6.07) is 0. The van der Waals surface area contributed by atoms with Gasteiger partial charge in [-0.2, -0.15) is 0 Å². The van der Waals surface area contributed by atoms with Crippen LogP contribution in [0, 0.1) is 0 Å². The number of ether oxygens (including phenoxy) is 1. The summed E-state index contributed by atoms with van der Waals surface area (Å²) in [4.78, 5) is 11.3. The maximum atomic E-state index is 11.3. The maximum Gasteiger partial charge on any atom is 0.145 e. The average molecular weight is 334 g/mol. The normalized spacial score (nSPS) is 38.0. The summed E-state index contributed by atoms with van der Waals surface area (Å²) >= 11 is 0. The van der Waals surface area contributed by atoms with Gasteiger partial charge in [-0.3, -0.25) is 4.79 Å². The van der Waals surface area contributed by atoms with Gasteiger partial charge in [-0.25, -0.2) is 0 Å². The minimum absolute atomic E-state index is 0.0452. The molecule has 4 heteroatoms. The molecule has 0 spiro atoms. The van der Waals surface area contributed by atoms with Crippen LogP contribution in [0.4, 0.5) is 0 Å². The first-order valence-electron chi connectivity index (χ1n) is 8.83. The van der Waals surface area contributed by atoms with E-state index in [1.54, 1.807) is 6.92 Å². The van der Waals surface area contributed by atoms with Crippen molar-refractivity contribution in [2.24, 2.45) is 0 Å². The van der Waals surface area contributed by atoms with Crippen LogP contribution < -0.4 is 0 Å². The van der Waals surface area contributed by atoms with Crippen LogP contribution in [0.15, 0.2) is 34.9 Å². The number of hydrogen-bond acceptors (Lipinski definition) is 4. The molecule has 4 nitrogen and oxygen atoms in total. The van der Waals surface area contributed by atoms with E-state index in [-0.39, 0.29) is 12.2 Å². The molecule has 1 saturated heterocycles. The largest absolute Gasteiger partial charge is 0.393 e. The monoisotopic (exact) mass is 334 g/mol. The Bertz CT molecular complexity index is 556. The number of epoxide rings is 1. The number of aliphatic hydroxyl groups excluding tert-OH is 1. The highest BCUT2D eigenvalue weighted by Crippen LogP contribution is 2.43. The van der Waals surface area contributed by atoms with E-state index in [4.69, 9.17) is 4.74 Å². The van der Waals surface area contributed by atoms with E-state index in [1.807, 2.05) is 18.2 Å². The molecule has 3 atom stereocenters. The number of hydrogen-bond donors (Lipinski definition) is 2. The number of aliphatic hydroxyl groups is 2. The Hall–Kier alpha value is -1.23. The zero-order valence-electron chi connectivity index (χ0n) is 15.0. The van der Waals surface area contributed by atoms with Gasteiger partial charge in [-0.1, -0.05) is 23.8 Å². The van der Waals surface area contributed by atoms with Crippen LogP contribution in [0.3, 0.4) is 0 Å². The SMILES string of the molecule is C/C1=C\C=C(\[C@@](C)(O)CO)CC/C(C=O)=C/CC[C@]2(C)O[C@H]2CC1. The van der Waals surface area contributed by atoms with E-state index >= 15 is 0 Å². The summed E-state index contributed by atoms with van der Waals surface area (Å²) < 4.78 is 5.86. The van der Waals surface area contributed by atoms with E-state index in [1.165, 1.54) is 5.57 Å². The highest BCUT2D eigenvalue weighted by atomic mass is 16.6. The quantitative estimate of drug-likeness (QED) is 0.614. The second-order valence-corrected chi connectivity index (χ2v) is 7.53. The first-order chi connectivity index (χ1) is 11.3. The van der Waals surface area contributed by atoms with Crippen LogP contribution in [0.1, 0.15) is 59.3 Å². The van der Waals surface area contributed by atoms with Crippen molar-refractivity contribution >= 4 is 6.29 Å². The number of carbonyl (C=O) groups excluding carboxylic acids is 1. The minimum atomic E-state index is -1.26. The molecule has 0 unspecified atom stereocenters. The summed E-state index contributed by atoms with van der Waals surface area (Å²) in [7, 11) is 0. The molecule has 1 heterocycles. The van der Waals surface area contributed by atoms with Gasteiger partial charge in [0.1, 0.15) is 11.9 Å². The molecule has 2 aliphatic rings. The van der Waals surface area contributed by atoms with Crippen LogP contribution in [-0.2, 0) is 9.53 Å². The lowest BCUT2D eigenvalue weighted by atomic mass is 9.89. The predicted octanol–water partition coefficient (Wildman–Crippen LogP) is 3.24. The van der Waals surface area contributed by atoms with E-state index in [0.29, 0.717) is 18.9 Å². The molecular weight excluding hydrogens is 304 g/mol. The Morgan fingerprint density at radius 2 is 2.12 bits per heavy atom. The summed E-state index contributed by atoms with van der Waals surface area (Å²) in [5.74, 6) is 0. The molecule has 0 aromatic heterocycles. The molecule has 0 radical (unpaired) electrons.